The van der Waals surface area contributed by atoms with Crippen LogP contribution in [0.25, 0.3) is 5.65 Å². The molecule has 0 saturated heterocycles. The van der Waals surface area contributed by atoms with Crippen LogP contribution in [0.3, 0.4) is 0 Å². The van der Waals surface area contributed by atoms with E-state index in [2.05, 4.69) is 10.3 Å². The topological polar surface area (TPSA) is 72.7 Å². The molecule has 0 spiro atoms. The number of carbonyl (C=O) groups is 2. The van der Waals surface area contributed by atoms with E-state index in [4.69, 9.17) is 27.9 Å². The van der Waals surface area contributed by atoms with Crippen LogP contribution in [0.4, 0.5) is 5.69 Å². The molecule has 1 atom stereocenters. The van der Waals surface area contributed by atoms with Gasteiger partial charge in [-0.2, -0.15) is 0 Å². The number of para-hydroxylation sites is 1. The monoisotopic (exact) mass is 417 g/mol. The predicted octanol–water partition coefficient (Wildman–Crippen LogP) is 4.28. The van der Waals surface area contributed by atoms with E-state index in [1.165, 1.54) is 0 Å². The van der Waals surface area contributed by atoms with E-state index in [0.29, 0.717) is 34.2 Å². The first-order valence-corrected chi connectivity index (χ1v) is 9.62. The Morgan fingerprint density at radius 2 is 2.11 bits per heavy atom. The number of hydrogen-bond donors (Lipinski definition) is 1. The lowest BCUT2D eigenvalue weighted by molar-refractivity contribution is -0.145. The Morgan fingerprint density at radius 3 is 2.96 bits per heavy atom. The third-order valence-corrected chi connectivity index (χ3v) is 5.20. The summed E-state index contributed by atoms with van der Waals surface area (Å²) in [7, 11) is 0. The van der Waals surface area contributed by atoms with Crippen molar-refractivity contribution in [2.75, 3.05) is 5.32 Å². The van der Waals surface area contributed by atoms with Crippen LogP contribution in [-0.4, -0.2) is 21.3 Å². The first-order chi connectivity index (χ1) is 13.5. The molecule has 1 aliphatic rings. The second kappa shape index (κ2) is 7.81. The highest BCUT2D eigenvalue weighted by molar-refractivity contribution is 6.36. The third-order valence-electron chi connectivity index (χ3n) is 4.71. The van der Waals surface area contributed by atoms with Gasteiger partial charge in [-0.25, -0.2) is 4.98 Å². The van der Waals surface area contributed by atoms with Gasteiger partial charge in [0.2, 0.25) is 5.91 Å². The van der Waals surface area contributed by atoms with Gasteiger partial charge in [0.1, 0.15) is 6.61 Å². The number of ether oxygens (including phenoxy) is 1. The standard InChI is InChI=1S/C20H17Cl2N3O3/c21-14-8-16(22)19-23-15(10-25(19)9-14)11-28-18(26)6-5-13-7-12-3-1-2-4-17(12)24-20(13)27/h1-4,8-10,13H,5-7,11H2,(H,24,27). The molecule has 8 heteroatoms. The summed E-state index contributed by atoms with van der Waals surface area (Å²) in [5.74, 6) is -0.662. The van der Waals surface area contributed by atoms with Crippen molar-refractivity contribution in [3.05, 3.63) is 64.0 Å². The number of benzene rings is 1. The highest BCUT2D eigenvalue weighted by atomic mass is 35.5. The van der Waals surface area contributed by atoms with Crippen LogP contribution >= 0.6 is 23.2 Å². The number of anilines is 1. The molecule has 3 aromatic rings. The SMILES string of the molecule is O=C(CCC1Cc2ccccc2NC1=O)OCc1cn2cc(Cl)cc(Cl)c2n1. The smallest absolute Gasteiger partial charge is 0.306 e. The minimum Gasteiger partial charge on any atom is -0.459 e. The van der Waals surface area contributed by atoms with Gasteiger partial charge >= 0.3 is 5.97 Å². The fourth-order valence-electron chi connectivity index (χ4n) is 3.31. The Kier molecular flexibility index (Phi) is 5.24. The summed E-state index contributed by atoms with van der Waals surface area (Å²) in [5.41, 5.74) is 3.05. The minimum absolute atomic E-state index is 0.0359. The van der Waals surface area contributed by atoms with E-state index < -0.39 is 0 Å². The molecule has 0 fully saturated rings. The highest BCUT2D eigenvalue weighted by Gasteiger charge is 2.26. The normalized spacial score (nSPS) is 15.9. The first kappa shape index (κ1) is 18.8. The lowest BCUT2D eigenvalue weighted by atomic mass is 9.90. The third kappa shape index (κ3) is 3.98. The zero-order chi connectivity index (χ0) is 19.7. The molecule has 28 heavy (non-hydrogen) atoms. The van der Waals surface area contributed by atoms with Crippen LogP contribution in [-0.2, 0) is 27.4 Å². The highest BCUT2D eigenvalue weighted by Crippen LogP contribution is 2.27. The number of nitrogens with zero attached hydrogens (tertiary/aromatic N) is 2. The van der Waals surface area contributed by atoms with Gasteiger partial charge in [-0.3, -0.25) is 9.59 Å². The number of pyridine rings is 1. The number of fused-ring (bicyclic) bond motifs is 2. The van der Waals surface area contributed by atoms with Crippen molar-refractivity contribution in [1.82, 2.24) is 9.38 Å². The zero-order valence-corrected chi connectivity index (χ0v) is 16.3. The molecule has 3 heterocycles. The van der Waals surface area contributed by atoms with Crippen molar-refractivity contribution in [2.24, 2.45) is 5.92 Å². The van der Waals surface area contributed by atoms with E-state index in [1.54, 1.807) is 22.9 Å². The van der Waals surface area contributed by atoms with Crippen LogP contribution < -0.4 is 5.32 Å². The van der Waals surface area contributed by atoms with E-state index in [-0.39, 0.29) is 30.8 Å². The number of hydrogen-bond acceptors (Lipinski definition) is 4. The zero-order valence-electron chi connectivity index (χ0n) is 14.8. The van der Waals surface area contributed by atoms with Crippen molar-refractivity contribution in [2.45, 2.75) is 25.9 Å². The molecule has 0 radical (unpaired) electrons. The largest absolute Gasteiger partial charge is 0.459 e. The lowest BCUT2D eigenvalue weighted by Gasteiger charge is -2.24. The molecular formula is C20H17Cl2N3O3. The summed E-state index contributed by atoms with van der Waals surface area (Å²) in [4.78, 5) is 28.7. The van der Waals surface area contributed by atoms with Gasteiger partial charge in [-0.1, -0.05) is 41.4 Å². The minimum atomic E-state index is -0.368. The number of halogens is 2. The summed E-state index contributed by atoms with van der Waals surface area (Å²) >= 11 is 12.1. The molecule has 0 bridgehead atoms. The van der Waals surface area contributed by atoms with Crippen molar-refractivity contribution < 1.29 is 14.3 Å². The Balaban J connectivity index is 1.32. The average molecular weight is 418 g/mol. The average Bonchev–Trinajstić information content (AvgIpc) is 3.08. The van der Waals surface area contributed by atoms with Crippen LogP contribution in [0.2, 0.25) is 10.0 Å². The second-order valence-electron chi connectivity index (χ2n) is 6.72. The lowest BCUT2D eigenvalue weighted by Crippen LogP contribution is -2.30. The van der Waals surface area contributed by atoms with Gasteiger partial charge in [0.05, 0.1) is 15.7 Å². The number of imidazole rings is 1. The second-order valence-corrected chi connectivity index (χ2v) is 7.56. The molecular weight excluding hydrogens is 401 g/mol. The summed E-state index contributed by atoms with van der Waals surface area (Å²) in [6, 6.07) is 9.30. The number of esters is 1. The number of nitrogens with one attached hydrogen (secondary N) is 1. The van der Waals surface area contributed by atoms with Crippen LogP contribution in [0, 0.1) is 5.92 Å². The Morgan fingerprint density at radius 1 is 1.29 bits per heavy atom. The maximum Gasteiger partial charge on any atom is 0.306 e. The fourth-order valence-corrected chi connectivity index (χ4v) is 3.84. The van der Waals surface area contributed by atoms with Crippen LogP contribution in [0.5, 0.6) is 0 Å². The van der Waals surface area contributed by atoms with E-state index in [0.717, 1.165) is 11.3 Å². The van der Waals surface area contributed by atoms with Gasteiger partial charge in [0, 0.05) is 30.4 Å². The maximum absolute atomic E-state index is 12.2. The van der Waals surface area contributed by atoms with E-state index >= 15 is 0 Å². The van der Waals surface area contributed by atoms with Gasteiger partial charge < -0.3 is 14.5 Å². The van der Waals surface area contributed by atoms with Crippen molar-refractivity contribution >= 4 is 46.4 Å². The van der Waals surface area contributed by atoms with Gasteiger partial charge in [-0.05, 0) is 30.5 Å². The quantitative estimate of drug-likeness (QED) is 0.628. The van der Waals surface area contributed by atoms with Crippen LogP contribution in [0.1, 0.15) is 24.1 Å². The summed E-state index contributed by atoms with van der Waals surface area (Å²) in [6.45, 7) is 0.0359. The van der Waals surface area contributed by atoms with Crippen LogP contribution in [0.15, 0.2) is 42.7 Å². The molecule has 4 rings (SSSR count). The number of aromatic nitrogens is 2. The summed E-state index contributed by atoms with van der Waals surface area (Å²) < 4.78 is 6.99. The van der Waals surface area contributed by atoms with Gasteiger partial charge in [0.15, 0.2) is 5.65 Å². The Bertz CT molecular complexity index is 1060. The number of carbonyl (C=O) groups excluding carboxylic acids is 2. The molecule has 0 aliphatic carbocycles. The predicted molar refractivity (Wildman–Crippen MR) is 107 cm³/mol. The molecule has 0 saturated carbocycles. The van der Waals surface area contributed by atoms with Crippen molar-refractivity contribution in [3.63, 3.8) is 0 Å². The number of rotatable bonds is 5. The molecule has 2 aromatic heterocycles. The number of amides is 1. The first-order valence-electron chi connectivity index (χ1n) is 8.86. The summed E-state index contributed by atoms with van der Waals surface area (Å²) in [6.07, 6.45) is 4.62. The van der Waals surface area contributed by atoms with E-state index in [1.807, 2.05) is 24.3 Å². The Labute approximate surface area is 171 Å². The Hall–Kier alpha value is -2.57. The van der Waals surface area contributed by atoms with Crippen molar-refractivity contribution in [3.8, 4) is 0 Å². The molecule has 1 aromatic carbocycles. The van der Waals surface area contributed by atoms with E-state index in [9.17, 15) is 9.59 Å². The maximum atomic E-state index is 12.2. The molecule has 144 valence electrons. The molecule has 1 aliphatic heterocycles. The molecule has 1 unspecified atom stereocenters. The molecule has 1 N–H and O–H groups in total. The van der Waals surface area contributed by atoms with Gasteiger partial charge in [0.25, 0.3) is 0 Å². The summed E-state index contributed by atoms with van der Waals surface area (Å²) in [5, 5.41) is 3.81. The molecule has 6 nitrogen and oxygen atoms in total. The van der Waals surface area contributed by atoms with Crippen molar-refractivity contribution in [1.29, 1.82) is 0 Å². The van der Waals surface area contributed by atoms with Gasteiger partial charge in [-0.15, -0.1) is 0 Å². The fraction of sp³-hybridized carbons (Fsp3) is 0.250. The molecule has 1 amide bonds.